The maximum atomic E-state index is 11.0. The topological polar surface area (TPSA) is 86.9 Å². The lowest BCUT2D eigenvalue weighted by Gasteiger charge is -2.26. The maximum Gasteiger partial charge on any atom is 0.323 e. The van der Waals surface area contributed by atoms with E-state index in [4.69, 9.17) is 28.3 Å². The van der Waals surface area contributed by atoms with Gasteiger partial charge in [-0.25, -0.2) is 0 Å². The van der Waals surface area contributed by atoms with E-state index in [-0.39, 0.29) is 28.0 Å². The molecule has 0 amide bonds. The molecule has 116 valence electrons. The molecule has 0 fully saturated rings. The Morgan fingerprint density at radius 1 is 1.29 bits per heavy atom. The molecule has 9 heteroatoms. The highest BCUT2D eigenvalue weighted by Gasteiger charge is 2.21. The predicted molar refractivity (Wildman–Crippen MR) is 81.5 cm³/mol. The van der Waals surface area contributed by atoms with Crippen molar-refractivity contribution in [3.63, 3.8) is 0 Å². The molecule has 0 bridgehead atoms. The van der Waals surface area contributed by atoms with Gasteiger partial charge in [-0.2, -0.15) is 0 Å². The molecule has 0 unspecified atom stereocenters. The minimum atomic E-state index is -1.04. The van der Waals surface area contributed by atoms with Gasteiger partial charge in [-0.3, -0.25) is 14.9 Å². The summed E-state index contributed by atoms with van der Waals surface area (Å²) in [5.74, 6) is -1.04. The summed E-state index contributed by atoms with van der Waals surface area (Å²) < 4.78 is 0. The van der Waals surface area contributed by atoms with Crippen molar-refractivity contribution in [3.8, 4) is 0 Å². The third-order valence-electron chi connectivity index (χ3n) is 2.67. The SMILES string of the molecule is CN(C)CCN(CC(=O)O)c1c(Cl)cc([N+](=O)[O-])cc1Cl. The van der Waals surface area contributed by atoms with Crippen molar-refractivity contribution in [1.29, 1.82) is 0 Å². The first-order valence-electron chi connectivity index (χ1n) is 5.97. The molecular weight excluding hydrogens is 321 g/mol. The number of nitro benzene ring substituents is 1. The molecule has 0 aliphatic rings. The number of likely N-dealkylation sites (N-methyl/N-ethyl adjacent to an activating group) is 1. The zero-order valence-electron chi connectivity index (χ0n) is 11.5. The van der Waals surface area contributed by atoms with Crippen molar-refractivity contribution in [2.45, 2.75) is 0 Å². The molecule has 0 aliphatic carbocycles. The molecular formula is C12H15Cl2N3O4. The Morgan fingerprint density at radius 2 is 1.81 bits per heavy atom. The monoisotopic (exact) mass is 335 g/mol. The van der Waals surface area contributed by atoms with Gasteiger partial charge >= 0.3 is 5.97 Å². The molecule has 21 heavy (non-hydrogen) atoms. The fourth-order valence-corrected chi connectivity index (χ4v) is 2.43. The third-order valence-corrected chi connectivity index (χ3v) is 3.25. The van der Waals surface area contributed by atoms with Gasteiger partial charge < -0.3 is 14.9 Å². The summed E-state index contributed by atoms with van der Waals surface area (Å²) >= 11 is 12.1. The van der Waals surface area contributed by atoms with Crippen molar-refractivity contribution >= 4 is 40.5 Å². The molecule has 0 radical (unpaired) electrons. The fraction of sp³-hybridized carbons (Fsp3) is 0.417. The molecule has 7 nitrogen and oxygen atoms in total. The second kappa shape index (κ2) is 7.44. The van der Waals surface area contributed by atoms with Crippen LogP contribution in [-0.2, 0) is 4.79 Å². The minimum absolute atomic E-state index is 0.0502. The van der Waals surface area contributed by atoms with E-state index < -0.39 is 10.9 Å². The number of aliphatic carboxylic acids is 1. The lowest BCUT2D eigenvalue weighted by molar-refractivity contribution is -0.384. The number of hydrogen-bond acceptors (Lipinski definition) is 5. The number of carboxylic acids is 1. The molecule has 1 rings (SSSR count). The van der Waals surface area contributed by atoms with Crippen LogP contribution in [-0.4, -0.2) is 54.6 Å². The fourth-order valence-electron chi connectivity index (χ4n) is 1.71. The second-order valence-corrected chi connectivity index (χ2v) is 5.45. The Balaban J connectivity index is 3.17. The van der Waals surface area contributed by atoms with Crippen LogP contribution in [0.2, 0.25) is 10.0 Å². The van der Waals surface area contributed by atoms with Gasteiger partial charge in [0, 0.05) is 25.2 Å². The summed E-state index contributed by atoms with van der Waals surface area (Å²) in [6.45, 7) is 0.651. The number of halogens is 2. The van der Waals surface area contributed by atoms with Gasteiger partial charge in [-0.05, 0) is 14.1 Å². The first-order chi connectivity index (χ1) is 9.72. The predicted octanol–water partition coefficient (Wildman–Crippen LogP) is 2.35. The summed E-state index contributed by atoms with van der Waals surface area (Å²) in [5.41, 5.74) is 0.0461. The van der Waals surface area contributed by atoms with Gasteiger partial charge in [0.15, 0.2) is 0 Å². The number of carbonyl (C=O) groups is 1. The van der Waals surface area contributed by atoms with Gasteiger partial charge in [0.1, 0.15) is 6.54 Å². The number of hydrogen-bond donors (Lipinski definition) is 1. The Labute approximate surface area is 131 Å². The van der Waals surface area contributed by atoms with Crippen molar-refractivity contribution in [2.75, 3.05) is 38.6 Å². The zero-order valence-corrected chi connectivity index (χ0v) is 13.1. The number of benzene rings is 1. The Hall–Kier alpha value is -1.57. The molecule has 1 N–H and O–H groups in total. The molecule has 0 saturated heterocycles. The molecule has 1 aromatic rings. The van der Waals surface area contributed by atoms with Crippen LogP contribution in [0, 0.1) is 10.1 Å². The van der Waals surface area contributed by atoms with Gasteiger partial charge in [0.05, 0.1) is 20.7 Å². The summed E-state index contributed by atoms with van der Waals surface area (Å²) in [6, 6.07) is 2.32. The highest BCUT2D eigenvalue weighted by Crippen LogP contribution is 2.37. The Morgan fingerprint density at radius 3 is 2.19 bits per heavy atom. The van der Waals surface area contributed by atoms with Crippen LogP contribution in [0.25, 0.3) is 0 Å². The van der Waals surface area contributed by atoms with Crippen molar-refractivity contribution < 1.29 is 14.8 Å². The summed E-state index contributed by atoms with van der Waals surface area (Å²) in [5, 5.41) is 19.8. The van der Waals surface area contributed by atoms with E-state index in [0.29, 0.717) is 13.1 Å². The van der Waals surface area contributed by atoms with E-state index in [1.807, 2.05) is 19.0 Å². The average Bonchev–Trinajstić information content (AvgIpc) is 2.33. The van der Waals surface area contributed by atoms with E-state index >= 15 is 0 Å². The highest BCUT2D eigenvalue weighted by molar-refractivity contribution is 6.39. The Bertz CT molecular complexity index is 528. The number of carboxylic acid groups (broad SMARTS) is 1. The zero-order chi connectivity index (χ0) is 16.2. The van der Waals surface area contributed by atoms with E-state index in [1.54, 1.807) is 0 Å². The summed E-state index contributed by atoms with van der Waals surface area (Å²) in [7, 11) is 3.69. The largest absolute Gasteiger partial charge is 0.480 e. The van der Waals surface area contributed by atoms with Crippen molar-refractivity contribution in [3.05, 3.63) is 32.3 Å². The van der Waals surface area contributed by atoms with Crippen LogP contribution in [0.1, 0.15) is 0 Å². The summed E-state index contributed by atoms with van der Waals surface area (Å²) in [4.78, 5) is 24.5. The average molecular weight is 336 g/mol. The normalized spacial score (nSPS) is 10.7. The minimum Gasteiger partial charge on any atom is -0.480 e. The number of nitro groups is 1. The van der Waals surface area contributed by atoms with Crippen LogP contribution >= 0.6 is 23.2 Å². The van der Waals surface area contributed by atoms with Crippen molar-refractivity contribution in [2.24, 2.45) is 0 Å². The van der Waals surface area contributed by atoms with Crippen LogP contribution in [0.3, 0.4) is 0 Å². The molecule has 0 aliphatic heterocycles. The smallest absolute Gasteiger partial charge is 0.323 e. The second-order valence-electron chi connectivity index (χ2n) is 4.63. The van der Waals surface area contributed by atoms with Crippen LogP contribution < -0.4 is 4.90 Å². The number of rotatable bonds is 7. The van der Waals surface area contributed by atoms with Gasteiger partial charge in [-0.1, -0.05) is 23.2 Å². The van der Waals surface area contributed by atoms with Crippen LogP contribution in [0.5, 0.6) is 0 Å². The number of non-ortho nitro benzene ring substituents is 1. The first-order valence-corrected chi connectivity index (χ1v) is 6.73. The molecule has 0 atom stereocenters. The molecule has 0 saturated carbocycles. The Kier molecular flexibility index (Phi) is 6.19. The highest BCUT2D eigenvalue weighted by atomic mass is 35.5. The number of nitrogens with zero attached hydrogens (tertiary/aromatic N) is 3. The van der Waals surface area contributed by atoms with Crippen molar-refractivity contribution in [1.82, 2.24) is 4.90 Å². The van der Waals surface area contributed by atoms with Crippen LogP contribution in [0.4, 0.5) is 11.4 Å². The molecule has 0 heterocycles. The van der Waals surface area contributed by atoms with Crippen LogP contribution in [0.15, 0.2) is 12.1 Å². The molecule has 0 spiro atoms. The van der Waals surface area contributed by atoms with Gasteiger partial charge in [0.25, 0.3) is 5.69 Å². The van der Waals surface area contributed by atoms with E-state index in [1.165, 1.54) is 4.90 Å². The van der Waals surface area contributed by atoms with Gasteiger partial charge in [-0.15, -0.1) is 0 Å². The lowest BCUT2D eigenvalue weighted by Crippen LogP contribution is -2.36. The third kappa shape index (κ3) is 5.04. The standard InChI is InChI=1S/C12H15Cl2N3O4/c1-15(2)3-4-16(7-11(18)19)12-9(13)5-8(17(20)21)6-10(12)14/h5-6H,3-4,7H2,1-2H3,(H,18,19). The molecule has 1 aromatic carbocycles. The quantitative estimate of drug-likeness (QED) is 0.608. The number of anilines is 1. The molecule has 0 aromatic heterocycles. The lowest BCUT2D eigenvalue weighted by atomic mass is 10.2. The van der Waals surface area contributed by atoms with Gasteiger partial charge in [0.2, 0.25) is 0 Å². The maximum absolute atomic E-state index is 11.0. The van der Waals surface area contributed by atoms with E-state index in [2.05, 4.69) is 0 Å². The first kappa shape index (κ1) is 17.5. The van der Waals surface area contributed by atoms with E-state index in [0.717, 1.165) is 12.1 Å². The summed E-state index contributed by atoms with van der Waals surface area (Å²) in [6.07, 6.45) is 0. The van der Waals surface area contributed by atoms with E-state index in [9.17, 15) is 14.9 Å².